The van der Waals surface area contributed by atoms with Crippen molar-refractivity contribution in [3.63, 3.8) is 0 Å². The average molecular weight is 276 g/mol. The third-order valence-electron chi connectivity index (χ3n) is 3.16. The summed E-state index contributed by atoms with van der Waals surface area (Å²) in [6.07, 6.45) is 5.80. The van der Waals surface area contributed by atoms with Gasteiger partial charge in [0.25, 0.3) is 0 Å². The monoisotopic (exact) mass is 276 g/mol. The minimum absolute atomic E-state index is 0.205. The first-order chi connectivity index (χ1) is 9.13. The third-order valence-corrected chi connectivity index (χ3v) is 4.28. The zero-order valence-corrected chi connectivity index (χ0v) is 11.5. The van der Waals surface area contributed by atoms with Crippen molar-refractivity contribution >= 4 is 27.8 Å². The van der Waals surface area contributed by atoms with Crippen LogP contribution in [0.3, 0.4) is 0 Å². The summed E-state index contributed by atoms with van der Waals surface area (Å²) in [5, 5.41) is 8.33. The maximum atomic E-state index is 12.0. The van der Waals surface area contributed by atoms with Crippen LogP contribution in [0.15, 0.2) is 18.5 Å². The molecule has 3 rings (SSSR count). The lowest BCUT2D eigenvalue weighted by molar-refractivity contribution is 0.0972. The second-order valence-corrected chi connectivity index (χ2v) is 5.96. The first-order valence-corrected chi connectivity index (χ1v) is 7.10. The number of hydrogen-bond donors (Lipinski definition) is 2. The van der Waals surface area contributed by atoms with Gasteiger partial charge in [0.2, 0.25) is 0 Å². The number of hydrogen-bond acceptors (Lipinski definition) is 5. The number of Topliss-reactive ketones (excluding diaryl/α,β-unsaturated/α-hetero) is 1. The Hall–Kier alpha value is -1.82. The molecule has 0 amide bonds. The Morgan fingerprint density at radius 1 is 1.63 bits per heavy atom. The molecule has 19 heavy (non-hydrogen) atoms. The summed E-state index contributed by atoms with van der Waals surface area (Å²) < 4.78 is 1.77. The Morgan fingerprint density at radius 2 is 2.42 bits per heavy atom. The van der Waals surface area contributed by atoms with Crippen molar-refractivity contribution in [2.45, 2.75) is 19.4 Å². The second kappa shape index (κ2) is 4.70. The Bertz CT molecular complexity index is 612. The van der Waals surface area contributed by atoms with E-state index < -0.39 is 0 Å². The number of nitrogens with zero attached hydrogens (tertiary/aromatic N) is 2. The van der Waals surface area contributed by atoms with Crippen LogP contribution in [0.4, 0.5) is 10.7 Å². The number of carbonyl (C=O) groups excluding carboxylic acids is 1. The molecule has 2 heterocycles. The van der Waals surface area contributed by atoms with Crippen LogP contribution in [-0.2, 0) is 13.6 Å². The number of anilines is 2. The number of rotatable bonds is 5. The molecule has 0 spiro atoms. The van der Waals surface area contributed by atoms with Gasteiger partial charge < -0.3 is 11.1 Å². The van der Waals surface area contributed by atoms with E-state index in [0.29, 0.717) is 17.1 Å². The van der Waals surface area contributed by atoms with Crippen LogP contribution in [0.2, 0.25) is 0 Å². The van der Waals surface area contributed by atoms with Gasteiger partial charge in [0.05, 0.1) is 21.8 Å². The molecule has 6 heteroatoms. The number of carbonyl (C=O) groups is 1. The molecule has 2 aromatic heterocycles. The lowest BCUT2D eigenvalue weighted by atomic mass is 10.2. The topological polar surface area (TPSA) is 72.9 Å². The molecule has 0 radical (unpaired) electrons. The summed E-state index contributed by atoms with van der Waals surface area (Å²) in [5.74, 6) is 0.420. The first kappa shape index (κ1) is 12.2. The number of nitrogens with two attached hydrogens (primary N) is 1. The van der Waals surface area contributed by atoms with Crippen LogP contribution in [0.1, 0.15) is 28.1 Å². The van der Waals surface area contributed by atoms with Crippen molar-refractivity contribution in [2.24, 2.45) is 13.0 Å². The van der Waals surface area contributed by atoms with E-state index >= 15 is 0 Å². The SMILES string of the molecule is Cn1cc(CNc2cc(N)c(C(=O)C3CC3)s2)cn1. The Kier molecular flexibility index (Phi) is 3.02. The van der Waals surface area contributed by atoms with Gasteiger partial charge in [-0.25, -0.2) is 0 Å². The van der Waals surface area contributed by atoms with E-state index in [9.17, 15) is 4.79 Å². The molecule has 0 aliphatic heterocycles. The summed E-state index contributed by atoms with van der Waals surface area (Å²) >= 11 is 1.45. The van der Waals surface area contributed by atoms with Gasteiger partial charge in [0.1, 0.15) is 0 Å². The molecule has 2 aromatic rings. The standard InChI is InChI=1S/C13H16N4OS/c1-17-7-8(6-16-17)5-15-11-4-10(14)13(19-11)12(18)9-2-3-9/h4,6-7,9,15H,2-3,5,14H2,1H3. The molecule has 0 aromatic carbocycles. The predicted octanol–water partition coefficient (Wildman–Crippen LogP) is 2.27. The van der Waals surface area contributed by atoms with Gasteiger partial charge in [-0.1, -0.05) is 0 Å². The van der Waals surface area contributed by atoms with Crippen LogP contribution in [0.5, 0.6) is 0 Å². The van der Waals surface area contributed by atoms with Crippen LogP contribution in [0.25, 0.3) is 0 Å². The van der Waals surface area contributed by atoms with Gasteiger partial charge in [0, 0.05) is 31.3 Å². The smallest absolute Gasteiger partial charge is 0.178 e. The fraction of sp³-hybridized carbons (Fsp3) is 0.385. The van der Waals surface area contributed by atoms with Crippen molar-refractivity contribution in [2.75, 3.05) is 11.1 Å². The first-order valence-electron chi connectivity index (χ1n) is 6.28. The predicted molar refractivity (Wildman–Crippen MR) is 76.3 cm³/mol. The molecule has 1 saturated carbocycles. The number of thiophene rings is 1. The number of aryl methyl sites for hydroxylation is 1. The molecular formula is C13H16N4OS. The summed E-state index contributed by atoms with van der Waals surface area (Å²) in [6, 6.07) is 1.84. The van der Waals surface area contributed by atoms with Crippen LogP contribution in [0, 0.1) is 5.92 Å². The molecule has 0 saturated heterocycles. The molecule has 5 nitrogen and oxygen atoms in total. The van der Waals surface area contributed by atoms with Gasteiger partial charge in [-0.15, -0.1) is 11.3 Å². The molecule has 0 bridgehead atoms. The van der Waals surface area contributed by atoms with E-state index in [1.807, 2.05) is 25.5 Å². The van der Waals surface area contributed by atoms with E-state index in [1.54, 1.807) is 4.68 Å². The van der Waals surface area contributed by atoms with E-state index in [2.05, 4.69) is 10.4 Å². The summed E-state index contributed by atoms with van der Waals surface area (Å²) in [7, 11) is 1.89. The third kappa shape index (κ3) is 2.63. The van der Waals surface area contributed by atoms with Crippen LogP contribution < -0.4 is 11.1 Å². The fourth-order valence-electron chi connectivity index (χ4n) is 1.97. The van der Waals surface area contributed by atoms with Gasteiger partial charge in [-0.05, 0) is 18.9 Å². The van der Waals surface area contributed by atoms with Crippen LogP contribution in [-0.4, -0.2) is 15.6 Å². The highest BCUT2D eigenvalue weighted by Crippen LogP contribution is 2.38. The van der Waals surface area contributed by atoms with Crippen LogP contribution >= 0.6 is 11.3 Å². The summed E-state index contributed by atoms with van der Waals surface area (Å²) in [6.45, 7) is 0.685. The van der Waals surface area contributed by atoms with E-state index in [-0.39, 0.29) is 11.7 Å². The normalized spacial score (nSPS) is 14.6. The number of ketones is 1. The molecule has 1 aliphatic rings. The highest BCUT2D eigenvalue weighted by molar-refractivity contribution is 7.18. The van der Waals surface area contributed by atoms with Crippen molar-refractivity contribution in [1.29, 1.82) is 0 Å². The molecule has 3 N–H and O–H groups in total. The zero-order valence-electron chi connectivity index (χ0n) is 10.7. The largest absolute Gasteiger partial charge is 0.397 e. The van der Waals surface area contributed by atoms with Crippen molar-refractivity contribution in [1.82, 2.24) is 9.78 Å². The van der Waals surface area contributed by atoms with E-state index in [4.69, 9.17) is 5.73 Å². The average Bonchev–Trinajstić information content (AvgIpc) is 3.05. The highest BCUT2D eigenvalue weighted by Gasteiger charge is 2.32. The second-order valence-electron chi connectivity index (χ2n) is 4.91. The Morgan fingerprint density at radius 3 is 3.05 bits per heavy atom. The number of aromatic nitrogens is 2. The minimum Gasteiger partial charge on any atom is -0.397 e. The Balaban J connectivity index is 1.68. The van der Waals surface area contributed by atoms with Crippen molar-refractivity contribution in [3.05, 3.63) is 28.9 Å². The van der Waals surface area contributed by atoms with E-state index in [0.717, 1.165) is 23.4 Å². The maximum Gasteiger partial charge on any atom is 0.178 e. The Labute approximate surface area is 115 Å². The quantitative estimate of drug-likeness (QED) is 0.822. The van der Waals surface area contributed by atoms with Gasteiger partial charge >= 0.3 is 0 Å². The maximum absolute atomic E-state index is 12.0. The van der Waals surface area contributed by atoms with Gasteiger partial charge in [-0.3, -0.25) is 9.48 Å². The molecule has 0 unspecified atom stereocenters. The van der Waals surface area contributed by atoms with Gasteiger partial charge in [-0.2, -0.15) is 5.10 Å². The van der Waals surface area contributed by atoms with Crippen molar-refractivity contribution in [3.8, 4) is 0 Å². The van der Waals surface area contributed by atoms with Crippen molar-refractivity contribution < 1.29 is 4.79 Å². The molecule has 100 valence electrons. The highest BCUT2D eigenvalue weighted by atomic mass is 32.1. The minimum atomic E-state index is 0.205. The molecule has 0 atom stereocenters. The fourth-order valence-corrected chi connectivity index (χ4v) is 2.96. The summed E-state index contributed by atoms with van der Waals surface area (Å²) in [5.41, 5.74) is 7.61. The molecular weight excluding hydrogens is 260 g/mol. The number of nitrogens with one attached hydrogen (secondary N) is 1. The summed E-state index contributed by atoms with van der Waals surface area (Å²) in [4.78, 5) is 12.7. The number of nitrogen functional groups attached to an aromatic ring is 1. The lowest BCUT2D eigenvalue weighted by Crippen LogP contribution is -2.01. The van der Waals surface area contributed by atoms with E-state index in [1.165, 1.54) is 11.3 Å². The molecule has 1 fully saturated rings. The molecule has 1 aliphatic carbocycles. The lowest BCUT2D eigenvalue weighted by Gasteiger charge is -1.99. The zero-order chi connectivity index (χ0) is 13.4. The van der Waals surface area contributed by atoms with Gasteiger partial charge in [0.15, 0.2) is 5.78 Å².